The molecule has 1 aromatic carbocycles. The van der Waals surface area contributed by atoms with Gasteiger partial charge in [-0.2, -0.15) is 0 Å². The van der Waals surface area contributed by atoms with Gasteiger partial charge in [-0.05, 0) is 30.7 Å². The van der Waals surface area contributed by atoms with E-state index >= 15 is 0 Å². The summed E-state index contributed by atoms with van der Waals surface area (Å²) in [5, 5.41) is 11.8. The maximum absolute atomic E-state index is 12.0. The minimum atomic E-state index is -0.642. The topological polar surface area (TPSA) is 95.7 Å². The molecular formula is C12H15N3O3. The normalized spacial score (nSPS) is 18.7. The number of amides is 3. The van der Waals surface area contributed by atoms with Gasteiger partial charge < -0.3 is 21.1 Å². The molecule has 6 heteroatoms. The molecular weight excluding hydrogens is 234 g/mol. The Kier molecular flexibility index (Phi) is 3.47. The van der Waals surface area contributed by atoms with Gasteiger partial charge in [0.25, 0.3) is 5.91 Å². The fourth-order valence-electron chi connectivity index (χ4n) is 1.95. The Morgan fingerprint density at radius 1 is 1.33 bits per heavy atom. The number of aliphatic hydroxyl groups excluding tert-OH is 1. The molecule has 3 amide bonds. The van der Waals surface area contributed by atoms with Gasteiger partial charge in [0.15, 0.2) is 0 Å². The zero-order chi connectivity index (χ0) is 13.1. The van der Waals surface area contributed by atoms with Crippen LogP contribution in [0.5, 0.6) is 0 Å². The van der Waals surface area contributed by atoms with Gasteiger partial charge in [0, 0.05) is 24.3 Å². The Morgan fingerprint density at radius 3 is 2.50 bits per heavy atom. The molecule has 0 saturated carbocycles. The van der Waals surface area contributed by atoms with Crippen LogP contribution in [-0.4, -0.2) is 41.1 Å². The van der Waals surface area contributed by atoms with E-state index in [2.05, 4.69) is 5.32 Å². The first-order valence-corrected chi connectivity index (χ1v) is 5.70. The Morgan fingerprint density at radius 2 is 2.00 bits per heavy atom. The van der Waals surface area contributed by atoms with Crippen molar-refractivity contribution in [3.8, 4) is 0 Å². The Balaban J connectivity index is 2.05. The van der Waals surface area contributed by atoms with Crippen molar-refractivity contribution in [3.05, 3.63) is 29.8 Å². The third kappa shape index (κ3) is 2.78. The number of urea groups is 1. The molecule has 1 aromatic rings. The number of likely N-dealkylation sites (tertiary alicyclic amines) is 1. The van der Waals surface area contributed by atoms with Crippen LogP contribution in [0.4, 0.5) is 10.5 Å². The maximum atomic E-state index is 12.0. The molecule has 1 aliphatic heterocycles. The largest absolute Gasteiger partial charge is 0.391 e. The fourth-order valence-corrected chi connectivity index (χ4v) is 1.95. The number of β-amino-alcohol motifs (C(OH)–C–C–N with tert-alkyl or cyclic N) is 1. The van der Waals surface area contributed by atoms with E-state index in [1.165, 1.54) is 0 Å². The molecule has 0 spiro atoms. The van der Waals surface area contributed by atoms with E-state index in [-0.39, 0.29) is 5.91 Å². The highest BCUT2D eigenvalue weighted by molar-refractivity contribution is 5.95. The summed E-state index contributed by atoms with van der Waals surface area (Å²) in [4.78, 5) is 24.3. The molecule has 4 N–H and O–H groups in total. The minimum absolute atomic E-state index is 0.114. The van der Waals surface area contributed by atoms with E-state index in [1.54, 1.807) is 29.2 Å². The summed E-state index contributed by atoms with van der Waals surface area (Å²) in [6.45, 7) is 0.946. The average Bonchev–Trinajstić information content (AvgIpc) is 2.75. The quantitative estimate of drug-likeness (QED) is 0.707. The molecule has 0 unspecified atom stereocenters. The van der Waals surface area contributed by atoms with Crippen molar-refractivity contribution < 1.29 is 14.7 Å². The first kappa shape index (κ1) is 12.4. The van der Waals surface area contributed by atoms with E-state index in [0.29, 0.717) is 30.8 Å². The van der Waals surface area contributed by atoms with Gasteiger partial charge in [0.05, 0.1) is 6.10 Å². The highest BCUT2D eigenvalue weighted by atomic mass is 16.3. The van der Waals surface area contributed by atoms with Crippen LogP contribution < -0.4 is 11.1 Å². The molecule has 1 heterocycles. The number of carbonyl (C=O) groups excluding carboxylic acids is 2. The molecule has 0 radical (unpaired) electrons. The number of nitrogens with two attached hydrogens (primary N) is 1. The summed E-state index contributed by atoms with van der Waals surface area (Å²) in [6.07, 6.45) is 0.192. The number of benzene rings is 1. The summed E-state index contributed by atoms with van der Waals surface area (Å²) < 4.78 is 0. The lowest BCUT2D eigenvalue weighted by atomic mass is 10.2. The number of hydrogen-bond donors (Lipinski definition) is 3. The lowest BCUT2D eigenvalue weighted by Gasteiger charge is -2.15. The van der Waals surface area contributed by atoms with Crippen molar-refractivity contribution in [1.29, 1.82) is 0 Å². The van der Waals surface area contributed by atoms with Gasteiger partial charge in [0.2, 0.25) is 0 Å². The zero-order valence-corrected chi connectivity index (χ0v) is 9.80. The number of carbonyl (C=O) groups is 2. The Hall–Kier alpha value is -2.08. The van der Waals surface area contributed by atoms with Crippen molar-refractivity contribution >= 4 is 17.6 Å². The third-order valence-corrected chi connectivity index (χ3v) is 2.85. The Bertz CT molecular complexity index is 458. The van der Waals surface area contributed by atoms with Gasteiger partial charge >= 0.3 is 6.03 Å². The fraction of sp³-hybridized carbons (Fsp3) is 0.333. The van der Waals surface area contributed by atoms with Crippen molar-refractivity contribution in [3.63, 3.8) is 0 Å². The standard InChI is InChI=1S/C12H15N3O3/c13-12(18)14-9-3-1-8(2-4-9)11(17)15-6-5-10(16)7-15/h1-4,10,16H,5-7H2,(H3,13,14,18)/t10-/m1/s1. The summed E-state index contributed by atoms with van der Waals surface area (Å²) in [6, 6.07) is 5.84. The van der Waals surface area contributed by atoms with Crippen molar-refractivity contribution in [2.45, 2.75) is 12.5 Å². The van der Waals surface area contributed by atoms with Gasteiger partial charge in [-0.3, -0.25) is 4.79 Å². The van der Waals surface area contributed by atoms with Crippen LogP contribution in [0.2, 0.25) is 0 Å². The monoisotopic (exact) mass is 249 g/mol. The SMILES string of the molecule is NC(=O)Nc1ccc(C(=O)N2CC[C@@H](O)C2)cc1. The number of hydrogen-bond acceptors (Lipinski definition) is 3. The number of aliphatic hydroxyl groups is 1. The van der Waals surface area contributed by atoms with Crippen LogP contribution in [0.25, 0.3) is 0 Å². The molecule has 2 rings (SSSR count). The lowest BCUT2D eigenvalue weighted by molar-refractivity contribution is 0.0765. The zero-order valence-electron chi connectivity index (χ0n) is 9.80. The maximum Gasteiger partial charge on any atom is 0.316 e. The van der Waals surface area contributed by atoms with Crippen LogP contribution in [-0.2, 0) is 0 Å². The number of nitrogens with zero attached hydrogens (tertiary/aromatic N) is 1. The summed E-state index contributed by atoms with van der Waals surface area (Å²) in [7, 11) is 0. The van der Waals surface area contributed by atoms with E-state index in [4.69, 9.17) is 5.73 Å². The molecule has 1 atom stereocenters. The predicted molar refractivity (Wildman–Crippen MR) is 66.2 cm³/mol. The van der Waals surface area contributed by atoms with Crippen LogP contribution in [0.15, 0.2) is 24.3 Å². The van der Waals surface area contributed by atoms with Crippen molar-refractivity contribution in [2.75, 3.05) is 18.4 Å². The van der Waals surface area contributed by atoms with Gasteiger partial charge in [-0.15, -0.1) is 0 Å². The van der Waals surface area contributed by atoms with Crippen LogP contribution >= 0.6 is 0 Å². The molecule has 6 nitrogen and oxygen atoms in total. The lowest BCUT2D eigenvalue weighted by Crippen LogP contribution is -2.29. The van der Waals surface area contributed by atoms with Gasteiger partial charge in [-0.25, -0.2) is 4.79 Å². The van der Waals surface area contributed by atoms with Gasteiger partial charge in [0.1, 0.15) is 0 Å². The summed E-state index contributed by atoms with van der Waals surface area (Å²) in [5.41, 5.74) is 6.05. The van der Waals surface area contributed by atoms with E-state index in [9.17, 15) is 14.7 Å². The van der Waals surface area contributed by atoms with E-state index < -0.39 is 12.1 Å². The highest BCUT2D eigenvalue weighted by Gasteiger charge is 2.25. The van der Waals surface area contributed by atoms with Crippen LogP contribution in [0.3, 0.4) is 0 Å². The molecule has 1 saturated heterocycles. The molecule has 1 aliphatic rings. The first-order valence-electron chi connectivity index (χ1n) is 5.70. The van der Waals surface area contributed by atoms with E-state index in [1.807, 2.05) is 0 Å². The minimum Gasteiger partial charge on any atom is -0.391 e. The van der Waals surface area contributed by atoms with Crippen molar-refractivity contribution in [1.82, 2.24) is 4.90 Å². The van der Waals surface area contributed by atoms with E-state index in [0.717, 1.165) is 0 Å². The second kappa shape index (κ2) is 5.05. The second-order valence-electron chi connectivity index (χ2n) is 4.26. The van der Waals surface area contributed by atoms with Crippen molar-refractivity contribution in [2.24, 2.45) is 5.73 Å². The number of anilines is 1. The average molecular weight is 249 g/mol. The molecule has 1 fully saturated rings. The second-order valence-corrected chi connectivity index (χ2v) is 4.26. The first-order chi connectivity index (χ1) is 8.56. The number of rotatable bonds is 2. The van der Waals surface area contributed by atoms with Crippen LogP contribution in [0, 0.1) is 0 Å². The molecule has 96 valence electrons. The molecule has 0 aromatic heterocycles. The predicted octanol–water partition coefficient (Wildman–Crippen LogP) is 0.384. The smallest absolute Gasteiger partial charge is 0.316 e. The third-order valence-electron chi connectivity index (χ3n) is 2.85. The number of primary amides is 1. The molecule has 0 aliphatic carbocycles. The molecule has 18 heavy (non-hydrogen) atoms. The van der Waals surface area contributed by atoms with Crippen LogP contribution in [0.1, 0.15) is 16.8 Å². The summed E-state index contributed by atoms with van der Waals surface area (Å²) in [5.74, 6) is -0.114. The number of nitrogens with one attached hydrogen (secondary N) is 1. The molecule has 0 bridgehead atoms. The van der Waals surface area contributed by atoms with Gasteiger partial charge in [-0.1, -0.05) is 0 Å². The Labute approximate surface area is 104 Å². The summed E-state index contributed by atoms with van der Waals surface area (Å²) >= 11 is 0. The highest BCUT2D eigenvalue weighted by Crippen LogP contribution is 2.15.